The van der Waals surface area contributed by atoms with Crippen molar-refractivity contribution in [2.75, 3.05) is 36.9 Å². The zero-order chi connectivity index (χ0) is 20.1. The fraction of sp³-hybridized carbons (Fsp3) is 0.263. The van der Waals surface area contributed by atoms with Crippen LogP contribution in [0, 0.1) is 0 Å². The summed E-state index contributed by atoms with van der Waals surface area (Å²) in [4.78, 5) is 23.7. The van der Waals surface area contributed by atoms with E-state index >= 15 is 0 Å². The molecule has 0 aromatic heterocycles. The highest BCUT2D eigenvalue weighted by Gasteiger charge is 2.26. The number of carbonyl (C=O) groups is 2. The Labute approximate surface area is 163 Å². The van der Waals surface area contributed by atoms with Crippen LogP contribution in [0.1, 0.15) is 17.3 Å². The van der Waals surface area contributed by atoms with Gasteiger partial charge in [-0.05, 0) is 42.5 Å². The largest absolute Gasteiger partial charge is 0.379 e. The summed E-state index contributed by atoms with van der Waals surface area (Å²) in [5.74, 6) is -0.587. The van der Waals surface area contributed by atoms with Crippen molar-refractivity contribution in [3.05, 3.63) is 54.1 Å². The average molecular weight is 403 g/mol. The van der Waals surface area contributed by atoms with Crippen LogP contribution in [0.4, 0.5) is 11.4 Å². The molecule has 3 rings (SSSR count). The zero-order valence-corrected chi connectivity index (χ0v) is 16.2. The van der Waals surface area contributed by atoms with Gasteiger partial charge in [-0.25, -0.2) is 8.42 Å². The fourth-order valence-corrected chi connectivity index (χ4v) is 4.20. The molecule has 1 aliphatic heterocycles. The van der Waals surface area contributed by atoms with Crippen LogP contribution in [0.2, 0.25) is 0 Å². The predicted octanol–water partition coefficient (Wildman–Crippen LogP) is 1.92. The summed E-state index contributed by atoms with van der Waals surface area (Å²) in [6, 6.07) is 12.5. The van der Waals surface area contributed by atoms with Gasteiger partial charge in [0.05, 0.1) is 18.1 Å². The van der Waals surface area contributed by atoms with Gasteiger partial charge in [-0.2, -0.15) is 4.31 Å². The van der Waals surface area contributed by atoms with E-state index in [0.717, 1.165) is 0 Å². The number of nitrogens with zero attached hydrogens (tertiary/aromatic N) is 1. The van der Waals surface area contributed by atoms with E-state index in [1.54, 1.807) is 24.3 Å². The van der Waals surface area contributed by atoms with Gasteiger partial charge in [-0.15, -0.1) is 0 Å². The minimum atomic E-state index is -3.60. The lowest BCUT2D eigenvalue weighted by Crippen LogP contribution is -2.40. The number of morpholine rings is 1. The van der Waals surface area contributed by atoms with Gasteiger partial charge in [-0.1, -0.05) is 6.07 Å². The van der Waals surface area contributed by atoms with Crippen molar-refractivity contribution in [1.29, 1.82) is 0 Å². The molecule has 2 N–H and O–H groups in total. The highest BCUT2D eigenvalue weighted by Crippen LogP contribution is 2.19. The molecule has 1 saturated heterocycles. The van der Waals surface area contributed by atoms with E-state index in [1.165, 1.54) is 35.5 Å². The van der Waals surface area contributed by atoms with Gasteiger partial charge in [0, 0.05) is 37.0 Å². The van der Waals surface area contributed by atoms with Crippen LogP contribution in [0.25, 0.3) is 0 Å². The summed E-state index contributed by atoms with van der Waals surface area (Å²) in [6.07, 6.45) is 0. The maximum absolute atomic E-state index is 12.6. The molecule has 28 heavy (non-hydrogen) atoms. The third-order valence-corrected chi connectivity index (χ3v) is 6.08. The number of amides is 2. The van der Waals surface area contributed by atoms with Crippen LogP contribution in [-0.2, 0) is 19.6 Å². The number of rotatable bonds is 5. The van der Waals surface area contributed by atoms with Gasteiger partial charge >= 0.3 is 0 Å². The van der Waals surface area contributed by atoms with Crippen LogP contribution < -0.4 is 10.6 Å². The van der Waals surface area contributed by atoms with Crippen LogP contribution in [0.5, 0.6) is 0 Å². The Morgan fingerprint density at radius 3 is 2.18 bits per heavy atom. The first-order valence-electron chi connectivity index (χ1n) is 8.73. The quantitative estimate of drug-likeness (QED) is 0.794. The molecule has 1 fully saturated rings. The Morgan fingerprint density at radius 2 is 1.57 bits per heavy atom. The Bertz CT molecular complexity index is 967. The lowest BCUT2D eigenvalue weighted by molar-refractivity contribution is -0.114. The van der Waals surface area contributed by atoms with Crippen molar-refractivity contribution in [3.63, 3.8) is 0 Å². The van der Waals surface area contributed by atoms with Gasteiger partial charge in [0.1, 0.15) is 0 Å². The number of carbonyl (C=O) groups excluding carboxylic acids is 2. The molecule has 2 aromatic rings. The highest BCUT2D eigenvalue weighted by atomic mass is 32.2. The summed E-state index contributed by atoms with van der Waals surface area (Å²) < 4.78 is 31.8. The molecule has 0 bridgehead atoms. The molecule has 0 radical (unpaired) electrons. The first-order valence-corrected chi connectivity index (χ1v) is 10.2. The number of hydrogen-bond acceptors (Lipinski definition) is 5. The Kier molecular flexibility index (Phi) is 6.08. The van der Waals surface area contributed by atoms with Crippen LogP contribution >= 0.6 is 0 Å². The molecular formula is C19H21N3O5S. The molecule has 0 atom stereocenters. The zero-order valence-electron chi connectivity index (χ0n) is 15.3. The average Bonchev–Trinajstić information content (AvgIpc) is 2.68. The van der Waals surface area contributed by atoms with Gasteiger partial charge < -0.3 is 15.4 Å². The standard InChI is InChI=1S/C19H21N3O5S/c1-14(23)20-16-3-2-4-17(13-16)21-19(24)15-5-7-18(8-6-15)28(25,26)22-9-11-27-12-10-22/h2-8,13H,9-12H2,1H3,(H,20,23)(H,21,24). The number of anilines is 2. The van der Waals surface area contributed by atoms with Crippen molar-refractivity contribution in [2.24, 2.45) is 0 Å². The van der Waals surface area contributed by atoms with E-state index in [0.29, 0.717) is 43.2 Å². The highest BCUT2D eigenvalue weighted by molar-refractivity contribution is 7.89. The molecule has 8 nitrogen and oxygen atoms in total. The Balaban J connectivity index is 1.71. The maximum atomic E-state index is 12.6. The Hall–Kier alpha value is -2.75. The van der Waals surface area contributed by atoms with Crippen LogP contribution in [0.15, 0.2) is 53.4 Å². The molecule has 2 amide bonds. The third-order valence-electron chi connectivity index (χ3n) is 4.17. The summed E-state index contributed by atoms with van der Waals surface area (Å²) in [5.41, 5.74) is 1.41. The molecular weight excluding hydrogens is 382 g/mol. The molecule has 148 valence electrons. The number of hydrogen-bond donors (Lipinski definition) is 2. The number of nitrogens with one attached hydrogen (secondary N) is 2. The van der Waals surface area contributed by atoms with Crippen LogP contribution in [0.3, 0.4) is 0 Å². The minimum Gasteiger partial charge on any atom is -0.379 e. The van der Waals surface area contributed by atoms with Crippen LogP contribution in [-0.4, -0.2) is 50.8 Å². The molecule has 0 aliphatic carbocycles. The summed E-state index contributed by atoms with van der Waals surface area (Å²) in [6.45, 7) is 2.77. The van der Waals surface area contributed by atoms with Crippen molar-refractivity contribution in [3.8, 4) is 0 Å². The van der Waals surface area contributed by atoms with Crippen molar-refractivity contribution < 1.29 is 22.7 Å². The molecule has 1 aliphatic rings. The van der Waals surface area contributed by atoms with Crippen molar-refractivity contribution in [1.82, 2.24) is 4.31 Å². The van der Waals surface area contributed by atoms with E-state index in [1.807, 2.05) is 0 Å². The van der Waals surface area contributed by atoms with E-state index in [-0.39, 0.29) is 16.7 Å². The molecule has 9 heteroatoms. The van der Waals surface area contributed by atoms with Crippen molar-refractivity contribution >= 4 is 33.2 Å². The molecule has 0 saturated carbocycles. The second-order valence-corrected chi connectivity index (χ2v) is 8.19. The van der Waals surface area contributed by atoms with E-state index in [9.17, 15) is 18.0 Å². The Morgan fingerprint density at radius 1 is 0.964 bits per heavy atom. The van der Waals surface area contributed by atoms with E-state index in [2.05, 4.69) is 10.6 Å². The second kappa shape index (κ2) is 8.51. The number of benzene rings is 2. The molecule has 2 aromatic carbocycles. The molecule has 1 heterocycles. The topological polar surface area (TPSA) is 105 Å². The monoisotopic (exact) mass is 403 g/mol. The summed E-state index contributed by atoms with van der Waals surface area (Å²) in [5, 5.41) is 5.37. The lowest BCUT2D eigenvalue weighted by Gasteiger charge is -2.26. The van der Waals surface area contributed by atoms with Gasteiger partial charge in [0.15, 0.2) is 0 Å². The van der Waals surface area contributed by atoms with E-state index < -0.39 is 10.0 Å². The predicted molar refractivity (Wildman–Crippen MR) is 105 cm³/mol. The normalized spacial score (nSPS) is 15.0. The van der Waals surface area contributed by atoms with Gasteiger partial charge in [0.2, 0.25) is 15.9 Å². The smallest absolute Gasteiger partial charge is 0.255 e. The SMILES string of the molecule is CC(=O)Nc1cccc(NC(=O)c2ccc(S(=O)(=O)N3CCOCC3)cc2)c1. The first kappa shape index (κ1) is 20.0. The second-order valence-electron chi connectivity index (χ2n) is 6.26. The van der Waals surface area contributed by atoms with Gasteiger partial charge in [-0.3, -0.25) is 9.59 Å². The molecule has 0 unspecified atom stereocenters. The summed E-state index contributed by atoms with van der Waals surface area (Å²) >= 11 is 0. The lowest BCUT2D eigenvalue weighted by atomic mass is 10.2. The minimum absolute atomic E-state index is 0.138. The molecule has 0 spiro atoms. The van der Waals surface area contributed by atoms with Crippen molar-refractivity contribution in [2.45, 2.75) is 11.8 Å². The first-order chi connectivity index (χ1) is 13.4. The number of sulfonamides is 1. The third kappa shape index (κ3) is 4.75. The fourth-order valence-electron chi connectivity index (χ4n) is 2.80. The van der Waals surface area contributed by atoms with Gasteiger partial charge in [0.25, 0.3) is 5.91 Å². The number of ether oxygens (including phenoxy) is 1. The maximum Gasteiger partial charge on any atom is 0.255 e. The van der Waals surface area contributed by atoms with E-state index in [4.69, 9.17) is 4.74 Å². The summed E-state index contributed by atoms with van der Waals surface area (Å²) in [7, 11) is -3.60.